The van der Waals surface area contributed by atoms with E-state index in [1.807, 2.05) is 18.2 Å². The topological polar surface area (TPSA) is 44.9 Å². The second kappa shape index (κ2) is 6.24. The van der Waals surface area contributed by atoms with Gasteiger partial charge in [-0.25, -0.2) is 0 Å². The maximum Gasteiger partial charge on any atom is 0.251 e. The van der Waals surface area contributed by atoms with Crippen LogP contribution in [0.3, 0.4) is 0 Å². The summed E-state index contributed by atoms with van der Waals surface area (Å²) in [7, 11) is 0. The Labute approximate surface area is 131 Å². The lowest BCUT2D eigenvalue weighted by Gasteiger charge is -2.04. The molecule has 0 bridgehead atoms. The molecule has 2 aromatic carbocycles. The molecule has 0 aliphatic heterocycles. The lowest BCUT2D eigenvalue weighted by molar-refractivity contribution is 0.0961. The highest BCUT2D eigenvalue weighted by Crippen LogP contribution is 2.22. The summed E-state index contributed by atoms with van der Waals surface area (Å²) in [6.07, 6.45) is 0. The Morgan fingerprint density at radius 2 is 1.90 bits per heavy atom. The van der Waals surface area contributed by atoms with E-state index < -0.39 is 0 Å². The highest BCUT2D eigenvalue weighted by Gasteiger charge is 2.05. The van der Waals surface area contributed by atoms with Crippen molar-refractivity contribution in [2.45, 2.75) is 5.03 Å². The van der Waals surface area contributed by atoms with Gasteiger partial charge in [-0.05, 0) is 36.4 Å². The van der Waals surface area contributed by atoms with Gasteiger partial charge in [0.15, 0.2) is 0 Å². The maximum absolute atomic E-state index is 11.9. The van der Waals surface area contributed by atoms with Gasteiger partial charge >= 0.3 is 0 Å². The van der Waals surface area contributed by atoms with Crippen molar-refractivity contribution in [2.75, 3.05) is 5.88 Å². The smallest absolute Gasteiger partial charge is 0.251 e. The van der Waals surface area contributed by atoms with Gasteiger partial charge in [0.25, 0.3) is 5.91 Å². The quantitative estimate of drug-likeness (QED) is 0.557. The number of benzene rings is 2. The van der Waals surface area contributed by atoms with Crippen molar-refractivity contribution in [2.24, 2.45) is 0 Å². The summed E-state index contributed by atoms with van der Waals surface area (Å²) >= 11 is 7.36. The number of aromatic nitrogens is 1. The van der Waals surface area contributed by atoms with Gasteiger partial charge in [-0.3, -0.25) is 4.79 Å². The molecule has 0 atom stereocenters. The molecule has 0 aliphatic rings. The van der Waals surface area contributed by atoms with E-state index >= 15 is 0 Å². The highest BCUT2D eigenvalue weighted by atomic mass is 35.5. The number of rotatable bonds is 4. The second-order valence-corrected chi connectivity index (χ2v) is 5.98. The minimum Gasteiger partial charge on any atom is -0.350 e. The zero-order valence-electron chi connectivity index (χ0n) is 11.1. The van der Waals surface area contributed by atoms with Crippen LogP contribution in [0.2, 0.25) is 5.02 Å². The average Bonchev–Trinajstić information content (AvgIpc) is 2.90. The number of nitrogens with one attached hydrogen (secondary N) is 2. The number of fused-ring (bicyclic) bond motifs is 1. The van der Waals surface area contributed by atoms with Gasteiger partial charge in [-0.15, -0.1) is 0 Å². The van der Waals surface area contributed by atoms with Gasteiger partial charge in [0.1, 0.15) is 0 Å². The van der Waals surface area contributed by atoms with Crippen LogP contribution in [0.4, 0.5) is 0 Å². The molecule has 1 amide bonds. The van der Waals surface area contributed by atoms with Gasteiger partial charge in [0.2, 0.25) is 0 Å². The largest absolute Gasteiger partial charge is 0.350 e. The first-order valence-electron chi connectivity index (χ1n) is 6.47. The van der Waals surface area contributed by atoms with Crippen LogP contribution < -0.4 is 5.32 Å². The van der Waals surface area contributed by atoms with Gasteiger partial charge in [-0.1, -0.05) is 41.6 Å². The van der Waals surface area contributed by atoms with Crippen LogP contribution in [0.5, 0.6) is 0 Å². The fraction of sp³-hybridized carbons (Fsp3) is 0.0625. The van der Waals surface area contributed by atoms with Gasteiger partial charge < -0.3 is 10.3 Å². The van der Waals surface area contributed by atoms with Crippen LogP contribution in [0.25, 0.3) is 10.9 Å². The van der Waals surface area contributed by atoms with Crippen LogP contribution in [0.15, 0.2) is 59.6 Å². The fourth-order valence-electron chi connectivity index (χ4n) is 2.01. The van der Waals surface area contributed by atoms with E-state index in [0.29, 0.717) is 16.5 Å². The normalized spacial score (nSPS) is 10.7. The second-order valence-electron chi connectivity index (χ2n) is 4.52. The monoisotopic (exact) mass is 316 g/mol. The van der Waals surface area contributed by atoms with Crippen molar-refractivity contribution < 1.29 is 4.79 Å². The molecule has 1 heterocycles. The lowest BCUT2D eigenvalue weighted by Crippen LogP contribution is -2.22. The predicted molar refractivity (Wildman–Crippen MR) is 87.9 cm³/mol. The molecule has 0 fully saturated rings. The molecule has 2 N–H and O–H groups in total. The summed E-state index contributed by atoms with van der Waals surface area (Å²) in [4.78, 5) is 15.3. The summed E-state index contributed by atoms with van der Waals surface area (Å²) < 4.78 is 0. The van der Waals surface area contributed by atoms with Crippen LogP contribution in [0, 0.1) is 0 Å². The third-order valence-corrected chi connectivity index (χ3v) is 4.14. The Morgan fingerprint density at radius 3 is 2.67 bits per heavy atom. The summed E-state index contributed by atoms with van der Waals surface area (Å²) in [5, 5.41) is 5.70. The number of thioether (sulfide) groups is 1. The number of carbonyl (C=O) groups excluding carboxylic acids is 1. The molecule has 0 aliphatic carbocycles. The van der Waals surface area contributed by atoms with Crippen molar-refractivity contribution in [1.29, 1.82) is 0 Å². The van der Waals surface area contributed by atoms with E-state index in [1.54, 1.807) is 36.0 Å². The first kappa shape index (κ1) is 14.0. The Bertz CT molecular complexity index is 734. The van der Waals surface area contributed by atoms with Crippen molar-refractivity contribution >= 4 is 40.2 Å². The zero-order chi connectivity index (χ0) is 14.7. The van der Waals surface area contributed by atoms with E-state index in [0.717, 1.165) is 10.5 Å². The molecule has 1 aromatic heterocycles. The minimum atomic E-state index is -0.102. The van der Waals surface area contributed by atoms with Crippen molar-refractivity contribution in [1.82, 2.24) is 10.3 Å². The number of hydrogen-bond donors (Lipinski definition) is 2. The number of hydrogen-bond acceptors (Lipinski definition) is 2. The number of halogens is 1. The summed E-state index contributed by atoms with van der Waals surface area (Å²) in [6, 6.07) is 17.0. The summed E-state index contributed by atoms with van der Waals surface area (Å²) in [6.45, 7) is 0. The Hall–Kier alpha value is -1.91. The molecule has 3 rings (SSSR count). The molecular formula is C16H13ClN2OS. The van der Waals surface area contributed by atoms with E-state index in [-0.39, 0.29) is 5.91 Å². The van der Waals surface area contributed by atoms with Crippen LogP contribution in [-0.4, -0.2) is 16.8 Å². The summed E-state index contributed by atoms with van der Waals surface area (Å²) in [5.41, 5.74) is 1.71. The van der Waals surface area contributed by atoms with E-state index in [4.69, 9.17) is 11.6 Å². The fourth-order valence-corrected chi connectivity index (χ4v) is 2.88. The lowest BCUT2D eigenvalue weighted by atomic mass is 10.2. The Morgan fingerprint density at radius 1 is 1.14 bits per heavy atom. The molecule has 21 heavy (non-hydrogen) atoms. The van der Waals surface area contributed by atoms with Crippen LogP contribution in [0.1, 0.15) is 10.4 Å². The molecule has 0 spiro atoms. The third-order valence-electron chi connectivity index (χ3n) is 3.07. The van der Waals surface area contributed by atoms with Gasteiger partial charge in [-0.2, -0.15) is 0 Å². The minimum absolute atomic E-state index is 0.102. The number of para-hydroxylation sites is 1. The maximum atomic E-state index is 11.9. The van der Waals surface area contributed by atoms with Crippen LogP contribution >= 0.6 is 23.4 Å². The molecule has 0 saturated carbocycles. The van der Waals surface area contributed by atoms with E-state index in [1.165, 1.54) is 5.39 Å². The molecule has 0 radical (unpaired) electrons. The zero-order valence-corrected chi connectivity index (χ0v) is 12.7. The Kier molecular flexibility index (Phi) is 4.18. The first-order chi connectivity index (χ1) is 10.2. The SMILES string of the molecule is O=C(NCSc1cc2ccccc2[nH]1)c1ccc(Cl)cc1. The van der Waals surface area contributed by atoms with Crippen LogP contribution in [-0.2, 0) is 0 Å². The molecule has 3 nitrogen and oxygen atoms in total. The van der Waals surface area contributed by atoms with E-state index in [2.05, 4.69) is 22.4 Å². The predicted octanol–water partition coefficient (Wildman–Crippen LogP) is 4.30. The standard InChI is InChI=1S/C16H13ClN2OS/c17-13-7-5-11(6-8-13)16(20)18-10-21-15-9-12-3-1-2-4-14(12)19-15/h1-9,19H,10H2,(H,18,20). The van der Waals surface area contributed by atoms with Gasteiger partial charge in [0.05, 0.1) is 10.9 Å². The number of carbonyl (C=O) groups is 1. The molecule has 5 heteroatoms. The first-order valence-corrected chi connectivity index (χ1v) is 7.83. The summed E-state index contributed by atoms with van der Waals surface area (Å²) in [5.74, 6) is 0.407. The molecular weight excluding hydrogens is 304 g/mol. The van der Waals surface area contributed by atoms with Crippen molar-refractivity contribution in [3.8, 4) is 0 Å². The highest BCUT2D eigenvalue weighted by molar-refractivity contribution is 7.99. The van der Waals surface area contributed by atoms with Crippen molar-refractivity contribution in [3.05, 3.63) is 65.2 Å². The number of amides is 1. The number of aromatic amines is 1. The van der Waals surface area contributed by atoms with Crippen molar-refractivity contribution in [3.63, 3.8) is 0 Å². The van der Waals surface area contributed by atoms with E-state index in [9.17, 15) is 4.79 Å². The third kappa shape index (κ3) is 3.40. The van der Waals surface area contributed by atoms with Gasteiger partial charge in [0, 0.05) is 21.5 Å². The molecule has 3 aromatic rings. The number of H-pyrrole nitrogens is 1. The molecule has 0 saturated heterocycles. The molecule has 0 unspecified atom stereocenters. The Balaban J connectivity index is 1.58. The average molecular weight is 317 g/mol. The molecule has 106 valence electrons.